The van der Waals surface area contributed by atoms with Crippen LogP contribution in [0.5, 0.6) is 5.75 Å². The lowest BCUT2D eigenvalue weighted by Crippen LogP contribution is -2.17. The topological polar surface area (TPSA) is 94.8 Å². The van der Waals surface area contributed by atoms with Gasteiger partial charge >= 0.3 is 11.9 Å². The summed E-state index contributed by atoms with van der Waals surface area (Å²) >= 11 is 0. The van der Waals surface area contributed by atoms with Crippen LogP contribution >= 0.6 is 0 Å². The normalized spacial score (nSPS) is 12.2. The van der Waals surface area contributed by atoms with Crippen LogP contribution in [0, 0.1) is 5.92 Å². The van der Waals surface area contributed by atoms with Gasteiger partial charge in [-0.15, -0.1) is 0 Å². The molecule has 1 aromatic carbocycles. The summed E-state index contributed by atoms with van der Waals surface area (Å²) in [5.41, 5.74) is 0.406. The predicted molar refractivity (Wildman–Crippen MR) is 68.9 cm³/mol. The molecule has 3 N–H and O–H groups in total. The maximum absolute atomic E-state index is 11.3. The lowest BCUT2D eigenvalue weighted by atomic mass is 9.93. The van der Waals surface area contributed by atoms with Crippen LogP contribution in [0.15, 0.2) is 35.4 Å². The summed E-state index contributed by atoms with van der Waals surface area (Å²) in [5, 5.41) is 27.5. The second-order valence-corrected chi connectivity index (χ2v) is 4.50. The number of phenols is 1. The molecule has 0 saturated carbocycles. The van der Waals surface area contributed by atoms with Crippen LogP contribution in [0.4, 0.5) is 0 Å². The molecule has 0 fully saturated rings. The first kappa shape index (κ1) is 14.8. The van der Waals surface area contributed by atoms with E-state index in [2.05, 4.69) is 0 Å². The van der Waals surface area contributed by atoms with Gasteiger partial charge in [0.2, 0.25) is 0 Å². The van der Waals surface area contributed by atoms with E-state index in [-0.39, 0.29) is 29.2 Å². The monoisotopic (exact) mass is 264 g/mol. The van der Waals surface area contributed by atoms with Gasteiger partial charge in [0, 0.05) is 6.42 Å². The number of carboxylic acid groups (broad SMARTS) is 2. The number of hydrogen-bond acceptors (Lipinski definition) is 3. The van der Waals surface area contributed by atoms with Crippen LogP contribution in [0.25, 0.3) is 0 Å². The first-order valence-electron chi connectivity index (χ1n) is 5.80. The molecule has 0 unspecified atom stereocenters. The first-order chi connectivity index (χ1) is 8.82. The Morgan fingerprint density at radius 1 is 1.05 bits per heavy atom. The maximum Gasteiger partial charge on any atom is 0.332 e. The van der Waals surface area contributed by atoms with E-state index in [1.54, 1.807) is 26.0 Å². The van der Waals surface area contributed by atoms with E-state index in [1.807, 2.05) is 0 Å². The van der Waals surface area contributed by atoms with Crippen molar-refractivity contribution >= 4 is 11.9 Å². The predicted octanol–water partition coefficient (Wildman–Crippen LogP) is 2.06. The van der Waals surface area contributed by atoms with Crippen LogP contribution in [-0.2, 0) is 16.0 Å². The first-order valence-corrected chi connectivity index (χ1v) is 5.80. The smallest absolute Gasteiger partial charge is 0.332 e. The molecule has 0 aliphatic carbocycles. The molecule has 0 heterocycles. The average Bonchev–Trinajstić information content (AvgIpc) is 2.29. The SMILES string of the molecule is CC(C)C(C(=O)O)=C(Cc1ccc(O)cc1)C(=O)O. The van der Waals surface area contributed by atoms with E-state index in [0.29, 0.717) is 5.56 Å². The molecular formula is C14H16O5. The molecule has 0 bridgehead atoms. The number of benzene rings is 1. The molecule has 5 nitrogen and oxygen atoms in total. The van der Waals surface area contributed by atoms with Gasteiger partial charge in [-0.2, -0.15) is 0 Å². The Labute approximate surface area is 110 Å². The molecule has 1 aromatic rings. The minimum absolute atomic E-state index is 0.00935. The van der Waals surface area contributed by atoms with Crippen molar-refractivity contribution in [2.24, 2.45) is 5.92 Å². The van der Waals surface area contributed by atoms with Crippen molar-refractivity contribution in [2.45, 2.75) is 20.3 Å². The lowest BCUT2D eigenvalue weighted by Gasteiger charge is -2.12. The van der Waals surface area contributed by atoms with Crippen LogP contribution in [-0.4, -0.2) is 27.3 Å². The van der Waals surface area contributed by atoms with Crippen LogP contribution < -0.4 is 0 Å². The molecule has 0 aliphatic rings. The molecule has 19 heavy (non-hydrogen) atoms. The van der Waals surface area contributed by atoms with Gasteiger partial charge in [0.1, 0.15) is 5.75 Å². The Hall–Kier alpha value is -2.30. The van der Waals surface area contributed by atoms with Gasteiger partial charge < -0.3 is 15.3 Å². The van der Waals surface area contributed by atoms with Crippen LogP contribution in [0.2, 0.25) is 0 Å². The summed E-state index contributed by atoms with van der Waals surface area (Å²) in [6.07, 6.45) is 0.00935. The van der Waals surface area contributed by atoms with Gasteiger partial charge in [-0.3, -0.25) is 0 Å². The average molecular weight is 264 g/mol. The fourth-order valence-electron chi connectivity index (χ4n) is 1.83. The van der Waals surface area contributed by atoms with Gasteiger partial charge in [-0.1, -0.05) is 26.0 Å². The number of phenolic OH excluding ortho intramolecular Hbond substituents is 1. The fourth-order valence-corrected chi connectivity index (χ4v) is 1.83. The van der Waals surface area contributed by atoms with Crippen LogP contribution in [0.1, 0.15) is 19.4 Å². The molecule has 102 valence electrons. The highest BCUT2D eigenvalue weighted by Crippen LogP contribution is 2.21. The summed E-state index contributed by atoms with van der Waals surface area (Å²) < 4.78 is 0. The van der Waals surface area contributed by atoms with Crippen molar-refractivity contribution in [2.75, 3.05) is 0 Å². The summed E-state index contributed by atoms with van der Waals surface area (Å²) in [6.45, 7) is 3.28. The van der Waals surface area contributed by atoms with Crippen LogP contribution in [0.3, 0.4) is 0 Å². The summed E-state index contributed by atoms with van der Waals surface area (Å²) in [4.78, 5) is 22.4. The van der Waals surface area contributed by atoms with E-state index in [0.717, 1.165) is 0 Å². The Morgan fingerprint density at radius 3 is 1.95 bits per heavy atom. The Bertz CT molecular complexity index is 511. The molecule has 0 radical (unpaired) electrons. The summed E-state index contributed by atoms with van der Waals surface area (Å²) in [6, 6.07) is 6.01. The summed E-state index contributed by atoms with van der Waals surface area (Å²) in [7, 11) is 0. The number of hydrogen-bond donors (Lipinski definition) is 3. The minimum atomic E-state index is -1.24. The Kier molecular flexibility index (Phi) is 4.69. The highest BCUT2D eigenvalue weighted by Gasteiger charge is 2.22. The maximum atomic E-state index is 11.3. The van der Waals surface area contributed by atoms with Crippen molar-refractivity contribution < 1.29 is 24.9 Å². The third kappa shape index (κ3) is 3.84. The highest BCUT2D eigenvalue weighted by molar-refractivity contribution is 5.99. The van der Waals surface area contributed by atoms with Crippen molar-refractivity contribution in [1.29, 1.82) is 0 Å². The number of carbonyl (C=O) groups is 2. The lowest BCUT2D eigenvalue weighted by molar-refractivity contribution is -0.136. The Balaban J connectivity index is 3.21. The third-order valence-corrected chi connectivity index (χ3v) is 2.71. The zero-order valence-electron chi connectivity index (χ0n) is 10.8. The van der Waals surface area contributed by atoms with Gasteiger partial charge in [0.25, 0.3) is 0 Å². The van der Waals surface area contributed by atoms with Gasteiger partial charge in [-0.05, 0) is 23.6 Å². The third-order valence-electron chi connectivity index (χ3n) is 2.71. The van der Waals surface area contributed by atoms with Gasteiger partial charge in [-0.25, -0.2) is 9.59 Å². The van der Waals surface area contributed by atoms with Crippen molar-refractivity contribution in [3.63, 3.8) is 0 Å². The number of aromatic hydroxyl groups is 1. The van der Waals surface area contributed by atoms with Crippen molar-refractivity contribution in [1.82, 2.24) is 0 Å². The van der Waals surface area contributed by atoms with Gasteiger partial charge in [0.15, 0.2) is 0 Å². The number of carboxylic acids is 2. The van der Waals surface area contributed by atoms with Crippen molar-refractivity contribution in [3.8, 4) is 5.75 Å². The largest absolute Gasteiger partial charge is 0.508 e. The molecule has 0 spiro atoms. The molecule has 0 aromatic heterocycles. The molecule has 0 aliphatic heterocycles. The molecule has 1 rings (SSSR count). The molecule has 5 heteroatoms. The van der Waals surface area contributed by atoms with E-state index in [9.17, 15) is 14.7 Å². The second-order valence-electron chi connectivity index (χ2n) is 4.50. The highest BCUT2D eigenvalue weighted by atomic mass is 16.4. The van der Waals surface area contributed by atoms with E-state index < -0.39 is 11.9 Å². The van der Waals surface area contributed by atoms with Crippen molar-refractivity contribution in [3.05, 3.63) is 41.0 Å². The van der Waals surface area contributed by atoms with E-state index >= 15 is 0 Å². The second kappa shape index (κ2) is 6.04. The Morgan fingerprint density at radius 2 is 1.58 bits per heavy atom. The minimum Gasteiger partial charge on any atom is -0.508 e. The standard InChI is InChI=1S/C14H16O5/c1-8(2)12(14(18)19)11(13(16)17)7-9-3-5-10(15)6-4-9/h3-6,8,15H,7H2,1-2H3,(H,16,17)(H,18,19). The van der Waals surface area contributed by atoms with E-state index in [4.69, 9.17) is 10.2 Å². The zero-order valence-corrected chi connectivity index (χ0v) is 10.8. The van der Waals surface area contributed by atoms with Gasteiger partial charge in [0.05, 0.1) is 11.1 Å². The molecule has 0 atom stereocenters. The zero-order chi connectivity index (χ0) is 14.6. The number of aliphatic carboxylic acids is 2. The van der Waals surface area contributed by atoms with E-state index in [1.165, 1.54) is 12.1 Å². The summed E-state index contributed by atoms with van der Waals surface area (Å²) in [5.74, 6) is -2.77. The molecule has 0 saturated heterocycles. The quantitative estimate of drug-likeness (QED) is 0.707. The number of rotatable bonds is 5. The molecular weight excluding hydrogens is 248 g/mol. The fraction of sp³-hybridized carbons (Fsp3) is 0.286. The molecule has 0 amide bonds.